The second-order valence-corrected chi connectivity index (χ2v) is 8.29. The number of carbonyl (C=O) groups is 2. The van der Waals surface area contributed by atoms with Gasteiger partial charge in [0, 0.05) is 24.6 Å². The molecule has 1 N–H and O–H groups in total. The van der Waals surface area contributed by atoms with Crippen molar-refractivity contribution in [1.29, 1.82) is 0 Å². The first-order chi connectivity index (χ1) is 12.1. The van der Waals surface area contributed by atoms with E-state index in [0.717, 1.165) is 23.1 Å². The zero-order chi connectivity index (χ0) is 19.5. The van der Waals surface area contributed by atoms with Gasteiger partial charge in [-0.3, -0.25) is 9.59 Å². The van der Waals surface area contributed by atoms with Gasteiger partial charge in [0.2, 0.25) is 5.91 Å². The van der Waals surface area contributed by atoms with E-state index in [1.807, 2.05) is 32.0 Å². The third-order valence-corrected chi connectivity index (χ3v) is 5.13. The summed E-state index contributed by atoms with van der Waals surface area (Å²) >= 11 is 0. The summed E-state index contributed by atoms with van der Waals surface area (Å²) in [6.45, 7) is 3.70. The lowest BCUT2D eigenvalue weighted by atomic mass is 10.1. The Morgan fingerprint density at radius 1 is 1.00 bits per heavy atom. The first-order valence-corrected chi connectivity index (χ1v) is 9.90. The quantitative estimate of drug-likeness (QED) is 0.871. The molecule has 26 heavy (non-hydrogen) atoms. The van der Waals surface area contributed by atoms with Gasteiger partial charge >= 0.3 is 0 Å². The largest absolute Gasteiger partial charge is 0.332 e. The number of anilines is 1. The molecular formula is C19H22N2O4S. The van der Waals surface area contributed by atoms with E-state index >= 15 is 0 Å². The third kappa shape index (κ3) is 4.70. The van der Waals surface area contributed by atoms with Gasteiger partial charge in [-0.1, -0.05) is 18.2 Å². The Morgan fingerprint density at radius 3 is 2.04 bits per heavy atom. The highest BCUT2D eigenvalue weighted by molar-refractivity contribution is 7.90. The Morgan fingerprint density at radius 2 is 1.54 bits per heavy atom. The third-order valence-electron chi connectivity index (χ3n) is 4.00. The van der Waals surface area contributed by atoms with Gasteiger partial charge in [0.15, 0.2) is 9.84 Å². The van der Waals surface area contributed by atoms with Gasteiger partial charge in [0.05, 0.1) is 11.4 Å². The van der Waals surface area contributed by atoms with E-state index in [2.05, 4.69) is 5.32 Å². The predicted molar refractivity (Wildman–Crippen MR) is 101 cm³/mol. The Bertz CT molecular complexity index is 914. The lowest BCUT2D eigenvalue weighted by molar-refractivity contribution is -0.116. The number of nitrogens with zero attached hydrogens (tertiary/aromatic N) is 1. The molecule has 0 aliphatic carbocycles. The van der Waals surface area contributed by atoms with Crippen LogP contribution in [0.25, 0.3) is 0 Å². The Balaban J connectivity index is 2.05. The van der Waals surface area contributed by atoms with Crippen LogP contribution in [0.4, 0.5) is 5.69 Å². The van der Waals surface area contributed by atoms with E-state index in [-0.39, 0.29) is 23.3 Å². The number of aryl methyl sites for hydroxylation is 2. The summed E-state index contributed by atoms with van der Waals surface area (Å²) in [5, 5.41) is 2.83. The summed E-state index contributed by atoms with van der Waals surface area (Å²) in [5.41, 5.74) is 2.96. The van der Waals surface area contributed by atoms with Gasteiger partial charge in [-0.2, -0.15) is 0 Å². The molecule has 0 unspecified atom stereocenters. The number of carbonyl (C=O) groups excluding carboxylic acids is 2. The molecule has 0 fully saturated rings. The fraction of sp³-hybridized carbons (Fsp3) is 0.263. The molecule has 0 radical (unpaired) electrons. The number of para-hydroxylation sites is 1. The van der Waals surface area contributed by atoms with Crippen LogP contribution < -0.4 is 5.32 Å². The first-order valence-electron chi connectivity index (χ1n) is 8.01. The molecule has 2 aromatic rings. The molecule has 2 amide bonds. The number of hydrogen-bond donors (Lipinski definition) is 1. The standard InChI is InChI=1S/C19H22N2O4S/c1-13-6-5-7-14(2)18(13)20-17(22)12-21(3)19(23)15-8-10-16(11-9-15)26(4,24)25/h5-11H,12H2,1-4H3,(H,20,22). The van der Waals surface area contributed by atoms with Gasteiger partial charge in [-0.15, -0.1) is 0 Å². The summed E-state index contributed by atoms with van der Waals surface area (Å²) in [6, 6.07) is 11.4. The SMILES string of the molecule is Cc1cccc(C)c1NC(=O)CN(C)C(=O)c1ccc(S(C)(=O)=O)cc1. The van der Waals surface area contributed by atoms with E-state index < -0.39 is 9.84 Å². The zero-order valence-electron chi connectivity index (χ0n) is 15.2. The van der Waals surface area contributed by atoms with Crippen LogP contribution >= 0.6 is 0 Å². The van der Waals surface area contributed by atoms with Crippen LogP contribution in [-0.2, 0) is 14.6 Å². The summed E-state index contributed by atoms with van der Waals surface area (Å²) in [6.07, 6.45) is 1.11. The van der Waals surface area contributed by atoms with E-state index in [0.29, 0.717) is 5.56 Å². The van der Waals surface area contributed by atoms with Crippen LogP contribution in [0.3, 0.4) is 0 Å². The molecular weight excluding hydrogens is 352 g/mol. The van der Waals surface area contributed by atoms with Crippen molar-refractivity contribution >= 4 is 27.3 Å². The monoisotopic (exact) mass is 374 g/mol. The van der Waals surface area contributed by atoms with Crippen LogP contribution in [0.15, 0.2) is 47.4 Å². The summed E-state index contributed by atoms with van der Waals surface area (Å²) in [7, 11) is -1.79. The van der Waals surface area contributed by atoms with Crippen molar-refractivity contribution in [3.8, 4) is 0 Å². The normalized spacial score (nSPS) is 11.1. The van der Waals surface area contributed by atoms with Crippen LogP contribution in [0.1, 0.15) is 21.5 Å². The molecule has 0 aliphatic heterocycles. The predicted octanol–water partition coefficient (Wildman–Crippen LogP) is 2.42. The van der Waals surface area contributed by atoms with Crippen molar-refractivity contribution < 1.29 is 18.0 Å². The zero-order valence-corrected chi connectivity index (χ0v) is 16.1. The molecule has 0 spiro atoms. The fourth-order valence-corrected chi connectivity index (χ4v) is 3.17. The summed E-state index contributed by atoms with van der Waals surface area (Å²) < 4.78 is 22.9. The Labute approximate surface area is 153 Å². The number of benzene rings is 2. The number of likely N-dealkylation sites (N-methyl/N-ethyl adjacent to an activating group) is 1. The lowest BCUT2D eigenvalue weighted by Crippen LogP contribution is -2.35. The topological polar surface area (TPSA) is 83.6 Å². The van der Waals surface area contributed by atoms with E-state index in [1.54, 1.807) is 0 Å². The average molecular weight is 374 g/mol. The summed E-state index contributed by atoms with van der Waals surface area (Å²) in [4.78, 5) is 26.1. The molecule has 0 bridgehead atoms. The van der Waals surface area contributed by atoms with Crippen molar-refractivity contribution in [3.63, 3.8) is 0 Å². The summed E-state index contributed by atoms with van der Waals surface area (Å²) in [5.74, 6) is -0.660. The smallest absolute Gasteiger partial charge is 0.254 e. The van der Waals surface area contributed by atoms with Crippen LogP contribution in [-0.4, -0.2) is 45.0 Å². The van der Waals surface area contributed by atoms with Gasteiger partial charge in [0.1, 0.15) is 0 Å². The van der Waals surface area contributed by atoms with Crippen molar-refractivity contribution in [2.24, 2.45) is 0 Å². The highest BCUT2D eigenvalue weighted by Gasteiger charge is 2.17. The van der Waals surface area contributed by atoms with Crippen molar-refractivity contribution in [1.82, 2.24) is 4.90 Å². The van der Waals surface area contributed by atoms with Crippen molar-refractivity contribution in [2.75, 3.05) is 25.2 Å². The molecule has 0 aromatic heterocycles. The van der Waals surface area contributed by atoms with Gasteiger partial charge in [0.25, 0.3) is 5.91 Å². The van der Waals surface area contributed by atoms with Crippen molar-refractivity contribution in [2.45, 2.75) is 18.7 Å². The molecule has 0 saturated carbocycles. The van der Waals surface area contributed by atoms with Gasteiger partial charge in [-0.25, -0.2) is 8.42 Å². The second-order valence-electron chi connectivity index (χ2n) is 6.27. The molecule has 0 atom stereocenters. The minimum Gasteiger partial charge on any atom is -0.332 e. The average Bonchev–Trinajstić information content (AvgIpc) is 2.57. The maximum absolute atomic E-state index is 12.4. The number of hydrogen-bond acceptors (Lipinski definition) is 4. The minimum atomic E-state index is -3.32. The molecule has 7 heteroatoms. The number of nitrogens with one attached hydrogen (secondary N) is 1. The van der Waals surface area contributed by atoms with Crippen LogP contribution in [0.2, 0.25) is 0 Å². The highest BCUT2D eigenvalue weighted by Crippen LogP contribution is 2.19. The maximum atomic E-state index is 12.4. The fourth-order valence-electron chi connectivity index (χ4n) is 2.54. The minimum absolute atomic E-state index is 0.111. The Hall–Kier alpha value is -2.67. The molecule has 138 valence electrons. The number of amides is 2. The second kappa shape index (κ2) is 7.70. The molecule has 2 aromatic carbocycles. The first kappa shape index (κ1) is 19.7. The maximum Gasteiger partial charge on any atom is 0.254 e. The molecule has 0 saturated heterocycles. The van der Waals surface area contributed by atoms with E-state index in [9.17, 15) is 18.0 Å². The lowest BCUT2D eigenvalue weighted by Gasteiger charge is -2.18. The molecule has 6 nitrogen and oxygen atoms in total. The van der Waals surface area contributed by atoms with Crippen LogP contribution in [0.5, 0.6) is 0 Å². The number of rotatable bonds is 5. The van der Waals surface area contributed by atoms with Crippen molar-refractivity contribution in [3.05, 3.63) is 59.2 Å². The number of sulfone groups is 1. The molecule has 0 aliphatic rings. The van der Waals surface area contributed by atoms with E-state index in [4.69, 9.17) is 0 Å². The molecule has 0 heterocycles. The molecule has 2 rings (SSSR count). The Kier molecular flexibility index (Phi) is 5.82. The van der Waals surface area contributed by atoms with Crippen LogP contribution in [0, 0.1) is 13.8 Å². The van der Waals surface area contributed by atoms with Gasteiger partial charge < -0.3 is 10.2 Å². The van der Waals surface area contributed by atoms with E-state index in [1.165, 1.54) is 36.2 Å². The van der Waals surface area contributed by atoms with Gasteiger partial charge in [-0.05, 0) is 49.2 Å². The highest BCUT2D eigenvalue weighted by atomic mass is 32.2.